The van der Waals surface area contributed by atoms with Crippen LogP contribution in [0.1, 0.15) is 43.9 Å². The molecule has 1 aliphatic heterocycles. The number of aromatic amines is 1. The van der Waals surface area contributed by atoms with E-state index in [1.54, 1.807) is 31.5 Å². The topological polar surface area (TPSA) is 79.0 Å². The highest BCUT2D eigenvalue weighted by atomic mass is 16.2. The summed E-state index contributed by atoms with van der Waals surface area (Å²) in [6, 6.07) is 3.59. The molecule has 0 bridgehead atoms. The monoisotopic (exact) mass is 354 g/mol. The average molecular weight is 354 g/mol. The molecule has 1 fully saturated rings. The third kappa shape index (κ3) is 4.18. The fourth-order valence-electron chi connectivity index (χ4n) is 3.66. The first-order chi connectivity index (χ1) is 12.6. The van der Waals surface area contributed by atoms with Gasteiger partial charge in [0.1, 0.15) is 5.82 Å². The van der Waals surface area contributed by atoms with E-state index < -0.39 is 0 Å². The molecule has 1 N–H and O–H groups in total. The number of amides is 1. The molecule has 1 unspecified atom stereocenters. The standard InChI is InChI=1S/C20H26N4O2/c1-3-5-15-6-4-11-24(13-15)18(25)12-17-14(2)22-19(23-20(17)26)16-7-9-21-10-8-16/h7-10,15H,3-6,11-13H2,1-2H3,(H,22,23,26). The molecule has 2 aromatic heterocycles. The van der Waals surface area contributed by atoms with Gasteiger partial charge in [-0.05, 0) is 44.2 Å². The lowest BCUT2D eigenvalue weighted by Gasteiger charge is -2.32. The summed E-state index contributed by atoms with van der Waals surface area (Å²) >= 11 is 0. The first-order valence-electron chi connectivity index (χ1n) is 9.36. The van der Waals surface area contributed by atoms with Crippen LogP contribution >= 0.6 is 0 Å². The molecule has 3 rings (SSSR count). The molecular weight excluding hydrogens is 328 g/mol. The van der Waals surface area contributed by atoms with Gasteiger partial charge in [0, 0.05) is 42.3 Å². The van der Waals surface area contributed by atoms with E-state index in [1.807, 2.05) is 4.90 Å². The normalized spacial score (nSPS) is 17.3. The smallest absolute Gasteiger partial charge is 0.255 e. The van der Waals surface area contributed by atoms with Crippen molar-refractivity contribution in [2.75, 3.05) is 13.1 Å². The summed E-state index contributed by atoms with van der Waals surface area (Å²) < 4.78 is 0. The fourth-order valence-corrected chi connectivity index (χ4v) is 3.66. The molecule has 6 heteroatoms. The van der Waals surface area contributed by atoms with Gasteiger partial charge in [0.05, 0.1) is 6.42 Å². The van der Waals surface area contributed by atoms with Crippen molar-refractivity contribution in [3.63, 3.8) is 0 Å². The van der Waals surface area contributed by atoms with E-state index in [9.17, 15) is 9.59 Å². The van der Waals surface area contributed by atoms with Crippen molar-refractivity contribution in [2.45, 2.75) is 46.0 Å². The van der Waals surface area contributed by atoms with Crippen LogP contribution in [-0.4, -0.2) is 38.8 Å². The SMILES string of the molecule is CCCC1CCCN(C(=O)Cc2c(C)nc(-c3ccncc3)[nH]c2=O)C1. The zero-order valence-corrected chi connectivity index (χ0v) is 15.5. The van der Waals surface area contributed by atoms with Crippen LogP contribution in [0.3, 0.4) is 0 Å². The number of likely N-dealkylation sites (tertiary alicyclic amines) is 1. The maximum atomic E-state index is 12.7. The third-order valence-corrected chi connectivity index (χ3v) is 5.07. The third-order valence-electron chi connectivity index (χ3n) is 5.07. The fraction of sp³-hybridized carbons (Fsp3) is 0.500. The van der Waals surface area contributed by atoms with Crippen molar-refractivity contribution in [2.24, 2.45) is 5.92 Å². The second kappa shape index (κ2) is 8.25. The highest BCUT2D eigenvalue weighted by Crippen LogP contribution is 2.21. The summed E-state index contributed by atoms with van der Waals surface area (Å²) in [6.45, 7) is 5.57. The molecule has 3 heterocycles. The van der Waals surface area contributed by atoms with Gasteiger partial charge in [-0.15, -0.1) is 0 Å². The van der Waals surface area contributed by atoms with Gasteiger partial charge in [-0.25, -0.2) is 4.98 Å². The molecule has 26 heavy (non-hydrogen) atoms. The van der Waals surface area contributed by atoms with Crippen molar-refractivity contribution in [1.82, 2.24) is 19.9 Å². The highest BCUT2D eigenvalue weighted by molar-refractivity contribution is 5.79. The number of aromatic nitrogens is 3. The van der Waals surface area contributed by atoms with Crippen LogP contribution < -0.4 is 5.56 Å². The second-order valence-corrected chi connectivity index (χ2v) is 7.03. The zero-order valence-electron chi connectivity index (χ0n) is 15.5. The number of H-pyrrole nitrogens is 1. The molecule has 6 nitrogen and oxygen atoms in total. The summed E-state index contributed by atoms with van der Waals surface area (Å²) in [6.07, 6.45) is 7.97. The Morgan fingerprint density at radius 2 is 2.12 bits per heavy atom. The summed E-state index contributed by atoms with van der Waals surface area (Å²) in [5.41, 5.74) is 1.64. The summed E-state index contributed by atoms with van der Waals surface area (Å²) in [5.74, 6) is 1.12. The Morgan fingerprint density at radius 3 is 2.81 bits per heavy atom. The largest absolute Gasteiger partial charge is 0.342 e. The number of carbonyl (C=O) groups is 1. The van der Waals surface area contributed by atoms with Gasteiger partial charge in [-0.3, -0.25) is 14.6 Å². The number of nitrogens with one attached hydrogen (secondary N) is 1. The van der Waals surface area contributed by atoms with Gasteiger partial charge >= 0.3 is 0 Å². The molecule has 1 amide bonds. The van der Waals surface area contributed by atoms with E-state index in [2.05, 4.69) is 21.9 Å². The predicted molar refractivity (Wildman–Crippen MR) is 101 cm³/mol. The quantitative estimate of drug-likeness (QED) is 0.895. The summed E-state index contributed by atoms with van der Waals surface area (Å²) in [4.78, 5) is 38.4. The van der Waals surface area contributed by atoms with Crippen LogP contribution in [0.25, 0.3) is 11.4 Å². The van der Waals surface area contributed by atoms with Crippen molar-refractivity contribution in [1.29, 1.82) is 0 Å². The lowest BCUT2D eigenvalue weighted by atomic mass is 9.93. The molecule has 1 atom stereocenters. The average Bonchev–Trinajstić information content (AvgIpc) is 2.65. The van der Waals surface area contributed by atoms with Gasteiger partial charge in [0.2, 0.25) is 5.91 Å². The van der Waals surface area contributed by atoms with Crippen molar-refractivity contribution in [3.8, 4) is 11.4 Å². The first-order valence-corrected chi connectivity index (χ1v) is 9.36. The Hall–Kier alpha value is -2.50. The minimum Gasteiger partial charge on any atom is -0.342 e. The van der Waals surface area contributed by atoms with Crippen LogP contribution in [0.15, 0.2) is 29.3 Å². The Morgan fingerprint density at radius 1 is 1.35 bits per heavy atom. The Kier molecular flexibility index (Phi) is 5.81. The van der Waals surface area contributed by atoms with E-state index in [1.165, 1.54) is 6.42 Å². The number of rotatable bonds is 5. The first kappa shape index (κ1) is 18.3. The Bertz CT molecular complexity index is 814. The molecule has 1 aliphatic rings. The molecule has 0 saturated carbocycles. The van der Waals surface area contributed by atoms with Crippen LogP contribution in [-0.2, 0) is 11.2 Å². The Balaban J connectivity index is 1.75. The molecule has 0 spiro atoms. The Labute approximate surface area is 153 Å². The van der Waals surface area contributed by atoms with Gasteiger partial charge < -0.3 is 9.88 Å². The number of hydrogen-bond donors (Lipinski definition) is 1. The molecule has 138 valence electrons. The van der Waals surface area contributed by atoms with Crippen LogP contribution in [0, 0.1) is 12.8 Å². The van der Waals surface area contributed by atoms with E-state index in [0.29, 0.717) is 23.0 Å². The lowest BCUT2D eigenvalue weighted by molar-refractivity contribution is -0.132. The van der Waals surface area contributed by atoms with Gasteiger partial charge in [0.25, 0.3) is 5.56 Å². The number of hydrogen-bond acceptors (Lipinski definition) is 4. The van der Waals surface area contributed by atoms with E-state index in [0.717, 1.165) is 37.9 Å². The molecule has 0 aliphatic carbocycles. The van der Waals surface area contributed by atoms with Gasteiger partial charge in [-0.1, -0.05) is 13.3 Å². The van der Waals surface area contributed by atoms with Crippen LogP contribution in [0.4, 0.5) is 0 Å². The number of nitrogens with zero attached hydrogens (tertiary/aromatic N) is 3. The van der Waals surface area contributed by atoms with E-state index in [4.69, 9.17) is 0 Å². The molecule has 1 saturated heterocycles. The number of carbonyl (C=O) groups excluding carboxylic acids is 1. The maximum Gasteiger partial charge on any atom is 0.255 e. The summed E-state index contributed by atoms with van der Waals surface area (Å²) in [5, 5.41) is 0. The van der Waals surface area contributed by atoms with Gasteiger partial charge in [-0.2, -0.15) is 0 Å². The van der Waals surface area contributed by atoms with E-state index >= 15 is 0 Å². The lowest BCUT2D eigenvalue weighted by Crippen LogP contribution is -2.41. The minimum absolute atomic E-state index is 0.0258. The van der Waals surface area contributed by atoms with Crippen molar-refractivity contribution >= 4 is 5.91 Å². The molecule has 0 aromatic carbocycles. The van der Waals surface area contributed by atoms with Gasteiger partial charge in [0.15, 0.2) is 0 Å². The number of aryl methyl sites for hydroxylation is 1. The van der Waals surface area contributed by atoms with Crippen molar-refractivity contribution < 1.29 is 4.79 Å². The maximum absolute atomic E-state index is 12.7. The number of piperidine rings is 1. The molecule has 2 aromatic rings. The molecule has 0 radical (unpaired) electrons. The zero-order chi connectivity index (χ0) is 18.5. The van der Waals surface area contributed by atoms with E-state index in [-0.39, 0.29) is 17.9 Å². The predicted octanol–water partition coefficient (Wildman–Crippen LogP) is 2.72. The van der Waals surface area contributed by atoms with Crippen molar-refractivity contribution in [3.05, 3.63) is 46.1 Å². The minimum atomic E-state index is -0.236. The van der Waals surface area contributed by atoms with Crippen LogP contribution in [0.2, 0.25) is 0 Å². The second-order valence-electron chi connectivity index (χ2n) is 7.03. The highest BCUT2D eigenvalue weighted by Gasteiger charge is 2.24. The van der Waals surface area contributed by atoms with Crippen LogP contribution in [0.5, 0.6) is 0 Å². The molecular formula is C20H26N4O2. The summed E-state index contributed by atoms with van der Waals surface area (Å²) in [7, 11) is 0. The number of pyridine rings is 1.